The number of epoxide rings is 1. The van der Waals surface area contributed by atoms with Crippen LogP contribution in [0, 0.1) is 5.92 Å². The van der Waals surface area contributed by atoms with Gasteiger partial charge in [0.1, 0.15) is 6.10 Å². The monoisotopic (exact) mass is 168 g/mol. The predicted molar refractivity (Wildman–Crippen MR) is 41.6 cm³/mol. The van der Waals surface area contributed by atoms with Gasteiger partial charge >= 0.3 is 0 Å². The average molecular weight is 168 g/mol. The summed E-state index contributed by atoms with van der Waals surface area (Å²) in [4.78, 5) is 0. The molecule has 3 heterocycles. The number of hydrogen-bond donors (Lipinski definition) is 0. The van der Waals surface area contributed by atoms with Gasteiger partial charge in [-0.15, -0.1) is 0 Å². The molecule has 2 unspecified atom stereocenters. The molecule has 0 N–H and O–H groups in total. The van der Waals surface area contributed by atoms with Crippen LogP contribution < -0.4 is 0 Å². The standard InChI is InChI=1S/C9H12O3/c1-2-3-5-6-4-10-9(11-6)8-7(5)12-8/h2-3,5-9H,4H2,1H3/b3-2+/t5-,6?,7-,8?,9-/m1/s1. The average Bonchev–Trinajstić information content (AvgIpc) is 2.75. The fourth-order valence-corrected chi connectivity index (χ4v) is 2.15. The Morgan fingerprint density at radius 3 is 3.00 bits per heavy atom. The van der Waals surface area contributed by atoms with Gasteiger partial charge in [0.25, 0.3) is 0 Å². The molecule has 3 rings (SSSR count). The lowest BCUT2D eigenvalue weighted by Crippen LogP contribution is -2.34. The Bertz CT molecular complexity index is 226. The zero-order valence-electron chi connectivity index (χ0n) is 6.97. The van der Waals surface area contributed by atoms with E-state index < -0.39 is 0 Å². The van der Waals surface area contributed by atoms with E-state index in [1.807, 2.05) is 6.92 Å². The molecule has 0 saturated carbocycles. The van der Waals surface area contributed by atoms with Crippen LogP contribution in [0.4, 0.5) is 0 Å². The Morgan fingerprint density at radius 2 is 2.17 bits per heavy atom. The zero-order valence-corrected chi connectivity index (χ0v) is 6.97. The molecule has 12 heavy (non-hydrogen) atoms. The SMILES string of the molecule is C/C=C/[C@@H]1C2CO[C@H](O2)C2O[C@@H]21. The normalized spacial score (nSPS) is 55.9. The first-order chi connectivity index (χ1) is 5.90. The lowest BCUT2D eigenvalue weighted by atomic mass is 9.95. The molecule has 0 aromatic rings. The first-order valence-corrected chi connectivity index (χ1v) is 4.45. The van der Waals surface area contributed by atoms with Gasteiger partial charge < -0.3 is 14.2 Å². The van der Waals surface area contributed by atoms with Crippen LogP contribution in [0.3, 0.4) is 0 Å². The van der Waals surface area contributed by atoms with E-state index in [9.17, 15) is 0 Å². The first-order valence-electron chi connectivity index (χ1n) is 4.45. The van der Waals surface area contributed by atoms with Gasteiger partial charge in [-0.25, -0.2) is 0 Å². The van der Waals surface area contributed by atoms with Crippen LogP contribution in [0.1, 0.15) is 6.92 Å². The lowest BCUT2D eigenvalue weighted by molar-refractivity contribution is -0.0846. The summed E-state index contributed by atoms with van der Waals surface area (Å²) >= 11 is 0. The van der Waals surface area contributed by atoms with Gasteiger partial charge in [-0.3, -0.25) is 0 Å². The molecule has 3 nitrogen and oxygen atoms in total. The van der Waals surface area contributed by atoms with Gasteiger partial charge in [0, 0.05) is 5.92 Å². The molecule has 0 radical (unpaired) electrons. The summed E-state index contributed by atoms with van der Waals surface area (Å²) in [5, 5.41) is 0. The second-order valence-corrected chi connectivity index (χ2v) is 3.54. The van der Waals surface area contributed by atoms with E-state index in [2.05, 4.69) is 12.2 Å². The van der Waals surface area contributed by atoms with Gasteiger partial charge in [-0.1, -0.05) is 12.2 Å². The molecule has 66 valence electrons. The largest absolute Gasteiger partial charge is 0.363 e. The Labute approximate surface area is 71.3 Å². The van der Waals surface area contributed by atoms with Crippen molar-refractivity contribution < 1.29 is 14.2 Å². The van der Waals surface area contributed by atoms with E-state index in [1.54, 1.807) is 0 Å². The summed E-state index contributed by atoms with van der Waals surface area (Å²) in [6.45, 7) is 2.76. The van der Waals surface area contributed by atoms with E-state index in [0.717, 1.165) is 6.61 Å². The summed E-state index contributed by atoms with van der Waals surface area (Å²) in [5.74, 6) is 0.416. The molecule has 3 aliphatic heterocycles. The molecule has 0 spiro atoms. The minimum atomic E-state index is -0.0680. The van der Waals surface area contributed by atoms with Crippen LogP contribution in [0.2, 0.25) is 0 Å². The van der Waals surface area contributed by atoms with E-state index in [0.29, 0.717) is 12.0 Å². The van der Waals surface area contributed by atoms with Gasteiger partial charge in [0.05, 0.1) is 18.8 Å². The number of ether oxygens (including phenoxy) is 3. The third kappa shape index (κ3) is 0.815. The van der Waals surface area contributed by atoms with Crippen molar-refractivity contribution in [1.82, 2.24) is 0 Å². The van der Waals surface area contributed by atoms with Crippen LogP contribution in [0.5, 0.6) is 0 Å². The van der Waals surface area contributed by atoms with Crippen LogP contribution >= 0.6 is 0 Å². The quantitative estimate of drug-likeness (QED) is 0.426. The van der Waals surface area contributed by atoms with Crippen molar-refractivity contribution in [2.75, 3.05) is 6.61 Å². The molecule has 0 aromatic heterocycles. The molecule has 0 aliphatic carbocycles. The maximum atomic E-state index is 5.62. The predicted octanol–water partition coefficient (Wildman–Crippen LogP) is 0.701. The van der Waals surface area contributed by atoms with E-state index in [4.69, 9.17) is 14.2 Å². The summed E-state index contributed by atoms with van der Waals surface area (Å²) in [5.41, 5.74) is 0. The minimum Gasteiger partial charge on any atom is -0.363 e. The molecule has 0 aromatic carbocycles. The molecule has 2 bridgehead atoms. The van der Waals surface area contributed by atoms with Gasteiger partial charge in [-0.05, 0) is 6.92 Å². The third-order valence-electron chi connectivity index (χ3n) is 2.79. The van der Waals surface area contributed by atoms with E-state index in [1.165, 1.54) is 0 Å². The summed E-state index contributed by atoms with van der Waals surface area (Å²) in [7, 11) is 0. The number of allylic oxidation sites excluding steroid dienone is 1. The zero-order chi connectivity index (χ0) is 8.13. The van der Waals surface area contributed by atoms with Crippen molar-refractivity contribution >= 4 is 0 Å². The Hall–Kier alpha value is -0.380. The Kier molecular flexibility index (Phi) is 1.36. The second kappa shape index (κ2) is 2.31. The summed E-state index contributed by atoms with van der Waals surface area (Å²) in [6, 6.07) is 0. The highest BCUT2D eigenvalue weighted by molar-refractivity contribution is 5.09. The van der Waals surface area contributed by atoms with Crippen molar-refractivity contribution in [2.45, 2.75) is 31.5 Å². The maximum Gasteiger partial charge on any atom is 0.186 e. The maximum absolute atomic E-state index is 5.62. The van der Waals surface area contributed by atoms with Crippen molar-refractivity contribution in [3.8, 4) is 0 Å². The highest BCUT2D eigenvalue weighted by Crippen LogP contribution is 2.45. The third-order valence-corrected chi connectivity index (χ3v) is 2.79. The molecule has 3 heteroatoms. The number of rotatable bonds is 1. The summed E-state index contributed by atoms with van der Waals surface area (Å²) in [6.07, 6.45) is 4.97. The highest BCUT2D eigenvalue weighted by Gasteiger charge is 2.60. The minimum absolute atomic E-state index is 0.0680. The van der Waals surface area contributed by atoms with Crippen molar-refractivity contribution in [3.05, 3.63) is 12.2 Å². The molecule has 5 atom stereocenters. The topological polar surface area (TPSA) is 31.0 Å². The van der Waals surface area contributed by atoms with Crippen molar-refractivity contribution in [2.24, 2.45) is 5.92 Å². The van der Waals surface area contributed by atoms with Crippen LogP contribution in [0.15, 0.2) is 12.2 Å². The van der Waals surface area contributed by atoms with Crippen LogP contribution in [-0.4, -0.2) is 31.2 Å². The van der Waals surface area contributed by atoms with Crippen molar-refractivity contribution in [3.63, 3.8) is 0 Å². The Balaban J connectivity index is 1.85. The second-order valence-electron chi connectivity index (χ2n) is 3.54. The molecular formula is C9H12O3. The fourth-order valence-electron chi connectivity index (χ4n) is 2.15. The van der Waals surface area contributed by atoms with E-state index in [-0.39, 0.29) is 18.5 Å². The smallest absolute Gasteiger partial charge is 0.186 e. The summed E-state index contributed by atoms with van der Waals surface area (Å²) < 4.78 is 16.5. The van der Waals surface area contributed by atoms with Gasteiger partial charge in [0.15, 0.2) is 6.29 Å². The van der Waals surface area contributed by atoms with Gasteiger partial charge in [-0.2, -0.15) is 0 Å². The number of hydrogen-bond acceptors (Lipinski definition) is 3. The highest BCUT2D eigenvalue weighted by atomic mass is 16.8. The Morgan fingerprint density at radius 1 is 1.25 bits per heavy atom. The molecule has 3 saturated heterocycles. The molecular weight excluding hydrogens is 156 g/mol. The van der Waals surface area contributed by atoms with Gasteiger partial charge in [0.2, 0.25) is 0 Å². The molecule has 3 fully saturated rings. The molecule has 3 aliphatic rings. The van der Waals surface area contributed by atoms with Crippen LogP contribution in [-0.2, 0) is 14.2 Å². The first kappa shape index (κ1) is 7.06. The number of fused-ring (bicyclic) bond motifs is 4. The lowest BCUT2D eigenvalue weighted by Gasteiger charge is -2.20. The fraction of sp³-hybridized carbons (Fsp3) is 0.778. The van der Waals surface area contributed by atoms with Crippen molar-refractivity contribution in [1.29, 1.82) is 0 Å². The molecule has 0 amide bonds. The van der Waals surface area contributed by atoms with E-state index >= 15 is 0 Å². The van der Waals surface area contributed by atoms with Crippen LogP contribution in [0.25, 0.3) is 0 Å².